The summed E-state index contributed by atoms with van der Waals surface area (Å²) in [6.07, 6.45) is 4.41. The van der Waals surface area contributed by atoms with Gasteiger partial charge in [0.05, 0.1) is 11.6 Å². The molecule has 190 valence electrons. The minimum Gasteiger partial charge on any atom is -0.294 e. The van der Waals surface area contributed by atoms with Gasteiger partial charge >= 0.3 is 6.18 Å². The number of fused-ring (bicyclic) bond motifs is 1. The molecule has 2 saturated carbocycles. The van der Waals surface area contributed by atoms with Crippen molar-refractivity contribution in [3.05, 3.63) is 41.5 Å². The smallest absolute Gasteiger partial charge is 0.294 e. The predicted molar refractivity (Wildman–Crippen MR) is 132 cm³/mol. The molecule has 2 nitrogen and oxygen atoms in total. The standard InChI is InChI=1S/C30H38F3NO/c1-5-19(2)24-9-10-25-23(13-16-34)26(12-15-28(24,25)3)29(4)14-11-21(18-27(29)35)20-7-6-8-22(17-20)30(31,32)33/h6-8,17-19,23-26H,5,9-15H2,1-4H3/t19?,23?,24-,25+,26?,28-,29-/m1/s1. The van der Waals surface area contributed by atoms with Gasteiger partial charge in [-0.15, -0.1) is 0 Å². The van der Waals surface area contributed by atoms with E-state index in [1.165, 1.54) is 18.9 Å². The van der Waals surface area contributed by atoms with Crippen LogP contribution in [0.5, 0.6) is 0 Å². The molecule has 0 radical (unpaired) electrons. The SMILES string of the molecule is CCC(C)[C@H]1CC[C@H]2C(CC#N)C([C@@]3(C)CCC(c4cccc(C(F)(F)F)c4)=CC3=O)CC[C@]12C. The number of carbonyl (C=O) groups excluding carboxylic acids is 1. The van der Waals surface area contributed by atoms with Gasteiger partial charge in [-0.2, -0.15) is 18.4 Å². The third-order valence-electron chi connectivity index (χ3n) is 10.3. The van der Waals surface area contributed by atoms with Gasteiger partial charge in [0.2, 0.25) is 0 Å². The number of allylic oxidation sites excluding steroid dienone is 2. The van der Waals surface area contributed by atoms with Crippen molar-refractivity contribution in [1.29, 1.82) is 5.26 Å². The van der Waals surface area contributed by atoms with Gasteiger partial charge in [0, 0.05) is 11.8 Å². The van der Waals surface area contributed by atoms with Crippen LogP contribution in [0.2, 0.25) is 0 Å². The first kappa shape index (κ1) is 26.0. The van der Waals surface area contributed by atoms with E-state index in [1.54, 1.807) is 12.1 Å². The number of hydrogen-bond acceptors (Lipinski definition) is 2. The summed E-state index contributed by atoms with van der Waals surface area (Å²) in [7, 11) is 0. The van der Waals surface area contributed by atoms with Crippen molar-refractivity contribution in [3.8, 4) is 6.07 Å². The van der Waals surface area contributed by atoms with Crippen molar-refractivity contribution >= 4 is 11.4 Å². The number of alkyl halides is 3. The Morgan fingerprint density at radius 1 is 1.14 bits per heavy atom. The van der Waals surface area contributed by atoms with Crippen LogP contribution in [0.3, 0.4) is 0 Å². The first-order valence-corrected chi connectivity index (χ1v) is 13.2. The molecule has 0 N–H and O–H groups in total. The maximum atomic E-state index is 13.6. The Balaban J connectivity index is 1.61. The minimum atomic E-state index is -4.41. The fourth-order valence-corrected chi connectivity index (χ4v) is 8.13. The summed E-state index contributed by atoms with van der Waals surface area (Å²) in [5.74, 6) is 2.14. The lowest BCUT2D eigenvalue weighted by Gasteiger charge is -2.54. The molecule has 3 unspecified atom stereocenters. The van der Waals surface area contributed by atoms with E-state index < -0.39 is 17.2 Å². The molecule has 1 aromatic carbocycles. The summed E-state index contributed by atoms with van der Waals surface area (Å²) in [6.45, 7) is 9.10. The van der Waals surface area contributed by atoms with Crippen LogP contribution in [0, 0.1) is 51.8 Å². The van der Waals surface area contributed by atoms with E-state index in [1.807, 2.05) is 6.92 Å². The first-order valence-electron chi connectivity index (χ1n) is 13.2. The number of hydrogen-bond donors (Lipinski definition) is 0. The maximum absolute atomic E-state index is 13.6. The Morgan fingerprint density at radius 2 is 1.89 bits per heavy atom. The van der Waals surface area contributed by atoms with Crippen LogP contribution >= 0.6 is 0 Å². The zero-order chi connectivity index (χ0) is 25.6. The normalized spacial score (nSPS) is 36.3. The number of nitriles is 1. The Kier molecular flexibility index (Phi) is 6.99. The molecule has 35 heavy (non-hydrogen) atoms. The van der Waals surface area contributed by atoms with Crippen LogP contribution in [-0.4, -0.2) is 5.78 Å². The van der Waals surface area contributed by atoms with Crippen LogP contribution < -0.4 is 0 Å². The molecule has 0 amide bonds. The molecule has 3 aliphatic rings. The summed E-state index contributed by atoms with van der Waals surface area (Å²) in [5, 5.41) is 9.75. The summed E-state index contributed by atoms with van der Waals surface area (Å²) in [5.41, 5.74) is 0.138. The van der Waals surface area contributed by atoms with E-state index in [0.29, 0.717) is 48.2 Å². The molecule has 0 heterocycles. The van der Waals surface area contributed by atoms with Gasteiger partial charge in [-0.3, -0.25) is 4.79 Å². The highest BCUT2D eigenvalue weighted by molar-refractivity contribution is 6.02. The Labute approximate surface area is 208 Å². The second kappa shape index (κ2) is 9.41. The topological polar surface area (TPSA) is 40.9 Å². The molecule has 1 aromatic rings. The average Bonchev–Trinajstić information content (AvgIpc) is 3.17. The van der Waals surface area contributed by atoms with Crippen molar-refractivity contribution in [3.63, 3.8) is 0 Å². The zero-order valence-electron chi connectivity index (χ0n) is 21.4. The quantitative estimate of drug-likeness (QED) is 0.420. The Morgan fingerprint density at radius 3 is 2.51 bits per heavy atom. The van der Waals surface area contributed by atoms with Crippen molar-refractivity contribution < 1.29 is 18.0 Å². The number of nitrogens with zero attached hydrogens (tertiary/aromatic N) is 1. The lowest BCUT2D eigenvalue weighted by Crippen LogP contribution is -2.50. The molecule has 4 rings (SSSR count). The van der Waals surface area contributed by atoms with Gasteiger partial charge < -0.3 is 0 Å². The van der Waals surface area contributed by atoms with E-state index in [2.05, 4.69) is 26.8 Å². The number of carbonyl (C=O) groups is 1. The summed E-state index contributed by atoms with van der Waals surface area (Å²) < 4.78 is 39.7. The fourth-order valence-electron chi connectivity index (χ4n) is 8.13. The number of halogens is 3. The Bertz CT molecular complexity index is 1040. The summed E-state index contributed by atoms with van der Waals surface area (Å²) >= 11 is 0. The van der Waals surface area contributed by atoms with Gasteiger partial charge in [0.25, 0.3) is 0 Å². The van der Waals surface area contributed by atoms with E-state index >= 15 is 0 Å². The highest BCUT2D eigenvalue weighted by atomic mass is 19.4. The summed E-state index contributed by atoms with van der Waals surface area (Å²) in [4.78, 5) is 13.6. The zero-order valence-corrected chi connectivity index (χ0v) is 21.4. The van der Waals surface area contributed by atoms with E-state index in [4.69, 9.17) is 0 Å². The summed E-state index contributed by atoms with van der Waals surface area (Å²) in [6, 6.07) is 7.74. The maximum Gasteiger partial charge on any atom is 0.416 e. The molecule has 3 aliphatic carbocycles. The molecule has 2 fully saturated rings. The van der Waals surface area contributed by atoms with Crippen molar-refractivity contribution in [1.82, 2.24) is 0 Å². The van der Waals surface area contributed by atoms with Crippen LogP contribution in [0.4, 0.5) is 13.2 Å². The molecule has 0 spiro atoms. The first-order chi connectivity index (χ1) is 16.5. The fraction of sp³-hybridized carbons (Fsp3) is 0.667. The predicted octanol–water partition coefficient (Wildman–Crippen LogP) is 8.48. The van der Waals surface area contributed by atoms with Gasteiger partial charge in [0.15, 0.2) is 5.78 Å². The van der Waals surface area contributed by atoms with Crippen LogP contribution in [-0.2, 0) is 11.0 Å². The van der Waals surface area contributed by atoms with E-state index in [0.717, 1.165) is 31.4 Å². The van der Waals surface area contributed by atoms with Gasteiger partial charge in [-0.1, -0.05) is 46.2 Å². The molecular weight excluding hydrogens is 447 g/mol. The van der Waals surface area contributed by atoms with Crippen molar-refractivity contribution in [2.24, 2.45) is 40.4 Å². The number of rotatable bonds is 5. The van der Waals surface area contributed by atoms with E-state index in [-0.39, 0.29) is 23.0 Å². The second-order valence-corrected chi connectivity index (χ2v) is 11.9. The van der Waals surface area contributed by atoms with Crippen molar-refractivity contribution in [2.75, 3.05) is 0 Å². The van der Waals surface area contributed by atoms with Crippen molar-refractivity contribution in [2.45, 2.75) is 85.2 Å². The molecule has 0 aliphatic heterocycles. The average molecular weight is 486 g/mol. The highest BCUT2D eigenvalue weighted by Gasteiger charge is 2.58. The van der Waals surface area contributed by atoms with Gasteiger partial charge in [0.1, 0.15) is 0 Å². The van der Waals surface area contributed by atoms with Gasteiger partial charge in [-0.25, -0.2) is 0 Å². The molecular formula is C30H38F3NO. The minimum absolute atomic E-state index is 0.0178. The Hall–Kier alpha value is -2.09. The van der Waals surface area contributed by atoms with Gasteiger partial charge in [-0.05, 0) is 103 Å². The lowest BCUT2D eigenvalue weighted by molar-refractivity contribution is -0.137. The molecule has 0 bridgehead atoms. The number of ketones is 1. The second-order valence-electron chi connectivity index (χ2n) is 11.9. The third kappa shape index (κ3) is 4.47. The van der Waals surface area contributed by atoms with Crippen LogP contribution in [0.15, 0.2) is 30.3 Å². The third-order valence-corrected chi connectivity index (χ3v) is 10.3. The largest absolute Gasteiger partial charge is 0.416 e. The van der Waals surface area contributed by atoms with E-state index in [9.17, 15) is 23.2 Å². The molecule has 0 saturated heterocycles. The molecule has 7 atom stereocenters. The molecule has 0 aromatic heterocycles. The van der Waals surface area contributed by atoms with Crippen LogP contribution in [0.1, 0.15) is 90.2 Å². The van der Waals surface area contributed by atoms with Crippen LogP contribution in [0.25, 0.3) is 5.57 Å². The number of benzene rings is 1. The highest BCUT2D eigenvalue weighted by Crippen LogP contribution is 2.64. The lowest BCUT2D eigenvalue weighted by atomic mass is 9.50. The molecule has 5 heteroatoms. The monoisotopic (exact) mass is 485 g/mol.